The molecule has 66 valence electrons. The minimum atomic E-state index is 0.800. The highest BCUT2D eigenvalue weighted by atomic mass is 32.1. The fourth-order valence-corrected chi connectivity index (χ4v) is 1.64. The van der Waals surface area contributed by atoms with E-state index in [0.717, 1.165) is 22.1 Å². The molecule has 0 saturated carbocycles. The molecule has 0 spiro atoms. The number of aromatic nitrogens is 2. The van der Waals surface area contributed by atoms with E-state index < -0.39 is 0 Å². The van der Waals surface area contributed by atoms with E-state index in [4.69, 9.17) is 12.2 Å². The van der Waals surface area contributed by atoms with Crippen molar-refractivity contribution in [1.29, 1.82) is 0 Å². The van der Waals surface area contributed by atoms with E-state index in [1.807, 2.05) is 12.1 Å². The van der Waals surface area contributed by atoms with E-state index in [-0.39, 0.29) is 0 Å². The predicted octanol–water partition coefficient (Wildman–Crippen LogP) is 2.85. The first kappa shape index (κ1) is 8.38. The summed E-state index contributed by atoms with van der Waals surface area (Å²) in [6.45, 7) is 2.10. The second-order valence-electron chi connectivity index (χ2n) is 2.92. The van der Waals surface area contributed by atoms with Gasteiger partial charge in [0.1, 0.15) is 10.3 Å². The lowest BCUT2D eigenvalue weighted by Crippen LogP contribution is -1.89. The smallest absolute Gasteiger partial charge is 0.138 e. The lowest BCUT2D eigenvalue weighted by atomic mass is 10.2. The van der Waals surface area contributed by atoms with Gasteiger partial charge in [0.25, 0.3) is 0 Å². The molecule has 2 aromatic rings. The Bertz CT molecular complexity index is 487. The third kappa shape index (κ3) is 1.47. The Balaban J connectivity index is 2.81. The number of hydrogen-bond acceptors (Lipinski definition) is 2. The Morgan fingerprint density at radius 1 is 1.54 bits per heavy atom. The molecule has 0 aliphatic carbocycles. The maximum atomic E-state index is 5.18. The average Bonchev–Trinajstić information content (AvgIpc) is 2.17. The fourth-order valence-electron chi connectivity index (χ4n) is 1.34. The van der Waals surface area contributed by atoms with Gasteiger partial charge in [-0.2, -0.15) is 0 Å². The number of aryl methyl sites for hydroxylation is 1. The zero-order valence-corrected chi connectivity index (χ0v) is 8.19. The Morgan fingerprint density at radius 3 is 3.15 bits per heavy atom. The van der Waals surface area contributed by atoms with Gasteiger partial charge in [-0.25, -0.2) is 4.98 Å². The summed E-state index contributed by atoms with van der Waals surface area (Å²) in [6.07, 6.45) is 2.72. The SMILES string of the molecule is CCc1cc2cccnc2[nH]c1=S. The van der Waals surface area contributed by atoms with Crippen molar-refractivity contribution in [3.8, 4) is 0 Å². The van der Waals surface area contributed by atoms with Crippen molar-refractivity contribution in [2.24, 2.45) is 0 Å². The van der Waals surface area contributed by atoms with E-state index in [9.17, 15) is 0 Å². The van der Waals surface area contributed by atoms with Crippen LogP contribution in [0.4, 0.5) is 0 Å². The van der Waals surface area contributed by atoms with Crippen molar-refractivity contribution in [3.63, 3.8) is 0 Å². The third-order valence-corrected chi connectivity index (χ3v) is 2.44. The van der Waals surface area contributed by atoms with E-state index in [0.29, 0.717) is 0 Å². The minimum absolute atomic E-state index is 0.800. The number of fused-ring (bicyclic) bond motifs is 1. The molecule has 3 heteroatoms. The van der Waals surface area contributed by atoms with E-state index in [1.54, 1.807) is 6.20 Å². The number of hydrogen-bond donors (Lipinski definition) is 1. The summed E-state index contributed by atoms with van der Waals surface area (Å²) in [5.41, 5.74) is 2.04. The first-order valence-electron chi connectivity index (χ1n) is 4.28. The van der Waals surface area contributed by atoms with Crippen LogP contribution in [0.3, 0.4) is 0 Å². The summed E-state index contributed by atoms with van der Waals surface area (Å²) in [7, 11) is 0. The first-order valence-corrected chi connectivity index (χ1v) is 4.69. The molecule has 0 aromatic carbocycles. The van der Waals surface area contributed by atoms with Gasteiger partial charge in [0, 0.05) is 11.6 Å². The number of rotatable bonds is 1. The highest BCUT2D eigenvalue weighted by Crippen LogP contribution is 2.12. The largest absolute Gasteiger partial charge is 0.331 e. The van der Waals surface area contributed by atoms with Crippen molar-refractivity contribution >= 4 is 23.3 Å². The van der Waals surface area contributed by atoms with Gasteiger partial charge in [-0.1, -0.05) is 19.1 Å². The van der Waals surface area contributed by atoms with Gasteiger partial charge in [0.05, 0.1) is 0 Å². The highest BCUT2D eigenvalue weighted by molar-refractivity contribution is 7.71. The van der Waals surface area contributed by atoms with Gasteiger partial charge in [0.15, 0.2) is 0 Å². The molecular weight excluding hydrogens is 180 g/mol. The Hall–Kier alpha value is -1.22. The molecule has 2 rings (SSSR count). The van der Waals surface area contributed by atoms with E-state index in [2.05, 4.69) is 23.0 Å². The van der Waals surface area contributed by atoms with Gasteiger partial charge < -0.3 is 4.98 Å². The Kier molecular flexibility index (Phi) is 2.10. The summed E-state index contributed by atoms with van der Waals surface area (Å²) in [5, 5.41) is 1.12. The molecule has 2 nitrogen and oxygen atoms in total. The average molecular weight is 190 g/mol. The predicted molar refractivity (Wildman–Crippen MR) is 56.3 cm³/mol. The quantitative estimate of drug-likeness (QED) is 0.700. The summed E-state index contributed by atoms with van der Waals surface area (Å²) < 4.78 is 0.800. The van der Waals surface area contributed by atoms with Gasteiger partial charge in [0.2, 0.25) is 0 Å². The molecule has 0 aliphatic heterocycles. The molecule has 0 bridgehead atoms. The van der Waals surface area contributed by atoms with Gasteiger partial charge in [-0.15, -0.1) is 0 Å². The number of aromatic amines is 1. The molecule has 0 fully saturated rings. The monoisotopic (exact) mass is 190 g/mol. The van der Waals surface area contributed by atoms with Crippen molar-refractivity contribution < 1.29 is 0 Å². The second-order valence-corrected chi connectivity index (χ2v) is 3.33. The second kappa shape index (κ2) is 3.26. The zero-order valence-electron chi connectivity index (χ0n) is 7.37. The molecule has 0 amide bonds. The molecule has 13 heavy (non-hydrogen) atoms. The van der Waals surface area contributed by atoms with Gasteiger partial charge >= 0.3 is 0 Å². The molecule has 0 aliphatic rings. The topological polar surface area (TPSA) is 28.7 Å². The van der Waals surface area contributed by atoms with Crippen LogP contribution in [0.15, 0.2) is 24.4 Å². The standard InChI is InChI=1S/C10H10N2S/c1-2-7-6-8-4-3-5-11-9(8)12-10(7)13/h3-6H,2H2,1H3,(H,11,12,13). The van der Waals surface area contributed by atoms with Gasteiger partial charge in [-0.05, 0) is 30.2 Å². The molecule has 0 radical (unpaired) electrons. The lowest BCUT2D eigenvalue weighted by molar-refractivity contribution is 1.10. The molecule has 2 heterocycles. The van der Waals surface area contributed by atoms with Gasteiger partial charge in [-0.3, -0.25) is 0 Å². The van der Waals surface area contributed by atoms with Crippen LogP contribution in [-0.2, 0) is 6.42 Å². The van der Waals surface area contributed by atoms with Crippen LogP contribution in [0.1, 0.15) is 12.5 Å². The van der Waals surface area contributed by atoms with Crippen LogP contribution < -0.4 is 0 Å². The van der Waals surface area contributed by atoms with E-state index in [1.165, 1.54) is 5.56 Å². The van der Waals surface area contributed by atoms with Crippen LogP contribution in [-0.4, -0.2) is 9.97 Å². The lowest BCUT2D eigenvalue weighted by Gasteiger charge is -2.00. The van der Waals surface area contributed by atoms with Crippen LogP contribution in [0.5, 0.6) is 0 Å². The number of H-pyrrole nitrogens is 1. The number of pyridine rings is 2. The Morgan fingerprint density at radius 2 is 2.38 bits per heavy atom. The maximum Gasteiger partial charge on any atom is 0.138 e. The van der Waals surface area contributed by atoms with E-state index >= 15 is 0 Å². The normalized spacial score (nSPS) is 10.5. The van der Waals surface area contributed by atoms with Crippen LogP contribution in [0.25, 0.3) is 11.0 Å². The highest BCUT2D eigenvalue weighted by Gasteiger charge is 1.97. The maximum absolute atomic E-state index is 5.18. The summed E-state index contributed by atoms with van der Waals surface area (Å²) in [4.78, 5) is 7.31. The van der Waals surface area contributed by atoms with Crippen LogP contribution >= 0.6 is 12.2 Å². The summed E-state index contributed by atoms with van der Waals surface area (Å²) >= 11 is 5.18. The fraction of sp³-hybridized carbons (Fsp3) is 0.200. The third-order valence-electron chi connectivity index (χ3n) is 2.07. The van der Waals surface area contributed by atoms with Crippen LogP contribution in [0, 0.1) is 4.64 Å². The van der Waals surface area contributed by atoms with Crippen molar-refractivity contribution in [2.75, 3.05) is 0 Å². The summed E-state index contributed by atoms with van der Waals surface area (Å²) in [6, 6.07) is 6.06. The van der Waals surface area contributed by atoms with Crippen molar-refractivity contribution in [3.05, 3.63) is 34.6 Å². The minimum Gasteiger partial charge on any atom is -0.331 e. The number of nitrogens with one attached hydrogen (secondary N) is 1. The first-order chi connectivity index (χ1) is 6.31. The molecule has 0 atom stereocenters. The van der Waals surface area contributed by atoms with Crippen LogP contribution in [0.2, 0.25) is 0 Å². The summed E-state index contributed by atoms with van der Waals surface area (Å²) in [5.74, 6) is 0. The molecule has 2 aromatic heterocycles. The van der Waals surface area contributed by atoms with Crippen molar-refractivity contribution in [1.82, 2.24) is 9.97 Å². The zero-order chi connectivity index (χ0) is 9.26. The Labute approximate surface area is 81.6 Å². The molecule has 1 N–H and O–H groups in total. The molecular formula is C10H10N2S. The number of nitrogens with zero attached hydrogens (tertiary/aromatic N) is 1. The van der Waals surface area contributed by atoms with Crippen molar-refractivity contribution in [2.45, 2.75) is 13.3 Å². The molecule has 0 unspecified atom stereocenters. The molecule has 0 saturated heterocycles.